The van der Waals surface area contributed by atoms with Crippen molar-refractivity contribution in [2.24, 2.45) is 5.92 Å². The normalized spacial score (nSPS) is 26.7. The van der Waals surface area contributed by atoms with Crippen LogP contribution in [0.5, 0.6) is 0 Å². The summed E-state index contributed by atoms with van der Waals surface area (Å²) in [5.41, 5.74) is 0. The number of ether oxygens (including phenoxy) is 1. The fourth-order valence-electron chi connectivity index (χ4n) is 1.65. The zero-order chi connectivity index (χ0) is 10.1. The van der Waals surface area contributed by atoms with Crippen molar-refractivity contribution >= 4 is 28.7 Å². The molecule has 1 saturated heterocycles. The second kappa shape index (κ2) is 4.01. The predicted octanol–water partition coefficient (Wildman–Crippen LogP) is 3.01. The average molecular weight is 231 g/mol. The van der Waals surface area contributed by atoms with Gasteiger partial charge < -0.3 is 4.74 Å². The lowest BCUT2D eigenvalue weighted by molar-refractivity contribution is 0.0881. The van der Waals surface area contributed by atoms with E-state index in [1.807, 2.05) is 6.92 Å². The van der Waals surface area contributed by atoms with Gasteiger partial charge in [0.15, 0.2) is 5.78 Å². The van der Waals surface area contributed by atoms with E-state index in [0.717, 1.165) is 11.3 Å². The number of rotatable bonds is 2. The Morgan fingerprint density at radius 2 is 2.43 bits per heavy atom. The van der Waals surface area contributed by atoms with Crippen LogP contribution in [-0.2, 0) is 4.74 Å². The number of hydrogen-bond acceptors (Lipinski definition) is 3. The average Bonchev–Trinajstić information content (AvgIpc) is 2.73. The molecule has 0 amide bonds. The first-order valence-electron chi connectivity index (χ1n) is 4.58. The minimum atomic E-state index is 0.0275. The molecule has 2 heterocycles. The second-order valence-corrected chi connectivity index (χ2v) is 5.26. The molecule has 2 atom stereocenters. The van der Waals surface area contributed by atoms with Crippen LogP contribution < -0.4 is 0 Å². The fraction of sp³-hybridized carbons (Fsp3) is 0.500. The summed E-state index contributed by atoms with van der Waals surface area (Å²) in [5, 5.41) is 0. The first-order chi connectivity index (χ1) is 6.66. The highest BCUT2D eigenvalue weighted by molar-refractivity contribution is 7.18. The maximum atomic E-state index is 11.9. The molecule has 1 aromatic heterocycles. The van der Waals surface area contributed by atoms with E-state index in [9.17, 15) is 4.79 Å². The number of carbonyl (C=O) groups excluding carboxylic acids is 1. The molecule has 0 saturated carbocycles. The quantitative estimate of drug-likeness (QED) is 0.731. The van der Waals surface area contributed by atoms with E-state index in [2.05, 4.69) is 0 Å². The van der Waals surface area contributed by atoms with Crippen LogP contribution in [0.15, 0.2) is 12.1 Å². The molecule has 76 valence electrons. The lowest BCUT2D eigenvalue weighted by atomic mass is 10.0. The van der Waals surface area contributed by atoms with Gasteiger partial charge in [0.1, 0.15) is 0 Å². The summed E-state index contributed by atoms with van der Waals surface area (Å²) >= 11 is 7.12. The third-order valence-corrected chi connectivity index (χ3v) is 3.63. The molecule has 2 nitrogen and oxygen atoms in total. The van der Waals surface area contributed by atoms with Gasteiger partial charge in [0.05, 0.1) is 21.9 Å². The monoisotopic (exact) mass is 230 g/mol. The van der Waals surface area contributed by atoms with Crippen LogP contribution in [0.4, 0.5) is 0 Å². The van der Waals surface area contributed by atoms with Crippen LogP contribution in [0.1, 0.15) is 23.0 Å². The van der Waals surface area contributed by atoms with E-state index >= 15 is 0 Å². The van der Waals surface area contributed by atoms with E-state index in [1.54, 1.807) is 12.1 Å². The number of Topliss-reactive ketones (excluding diaryl/α,β-unsaturated/α-hetero) is 1. The Morgan fingerprint density at radius 1 is 1.64 bits per heavy atom. The van der Waals surface area contributed by atoms with Crippen molar-refractivity contribution in [1.82, 2.24) is 0 Å². The molecule has 0 N–H and O–H groups in total. The second-order valence-electron chi connectivity index (χ2n) is 3.54. The predicted molar refractivity (Wildman–Crippen MR) is 57.2 cm³/mol. The Morgan fingerprint density at radius 3 is 2.93 bits per heavy atom. The van der Waals surface area contributed by atoms with Crippen LogP contribution in [0.25, 0.3) is 0 Å². The van der Waals surface area contributed by atoms with Gasteiger partial charge in [0, 0.05) is 5.92 Å². The van der Waals surface area contributed by atoms with Gasteiger partial charge in [-0.25, -0.2) is 0 Å². The molecular formula is C10H11ClO2S. The first kappa shape index (κ1) is 10.1. The van der Waals surface area contributed by atoms with Gasteiger partial charge in [-0.2, -0.15) is 0 Å². The largest absolute Gasteiger partial charge is 0.378 e. The highest BCUT2D eigenvalue weighted by atomic mass is 35.5. The van der Waals surface area contributed by atoms with Crippen molar-refractivity contribution in [3.63, 3.8) is 0 Å². The number of carbonyl (C=O) groups is 1. The molecule has 0 bridgehead atoms. The summed E-state index contributed by atoms with van der Waals surface area (Å²) < 4.78 is 6.03. The molecule has 0 aromatic carbocycles. The van der Waals surface area contributed by atoms with Crippen LogP contribution in [0.2, 0.25) is 4.34 Å². The Labute approximate surface area is 91.8 Å². The van der Waals surface area contributed by atoms with E-state index in [4.69, 9.17) is 16.3 Å². The third kappa shape index (κ3) is 2.00. The molecule has 14 heavy (non-hydrogen) atoms. The highest BCUT2D eigenvalue weighted by Crippen LogP contribution is 2.28. The van der Waals surface area contributed by atoms with Crippen molar-refractivity contribution in [2.45, 2.75) is 19.4 Å². The van der Waals surface area contributed by atoms with Gasteiger partial charge in [-0.15, -0.1) is 11.3 Å². The van der Waals surface area contributed by atoms with Crippen LogP contribution in [0.3, 0.4) is 0 Å². The SMILES string of the molecule is CC1CC(C(=O)c2ccc(Cl)s2)CO1. The molecule has 0 spiro atoms. The standard InChI is InChI=1S/C10H11ClO2S/c1-6-4-7(5-13-6)10(12)8-2-3-9(11)14-8/h2-3,6-7H,4-5H2,1H3. The van der Waals surface area contributed by atoms with Crippen LogP contribution in [0, 0.1) is 5.92 Å². The molecule has 4 heteroatoms. The summed E-state index contributed by atoms with van der Waals surface area (Å²) in [5.74, 6) is 0.200. The topological polar surface area (TPSA) is 26.3 Å². The van der Waals surface area contributed by atoms with Crippen LogP contribution >= 0.6 is 22.9 Å². The lowest BCUT2D eigenvalue weighted by Crippen LogP contribution is -2.13. The van der Waals surface area contributed by atoms with Gasteiger partial charge >= 0.3 is 0 Å². The Hall–Kier alpha value is -0.380. The molecule has 1 aromatic rings. The highest BCUT2D eigenvalue weighted by Gasteiger charge is 2.29. The number of halogens is 1. The summed E-state index contributed by atoms with van der Waals surface area (Å²) in [6.45, 7) is 2.55. The van der Waals surface area contributed by atoms with E-state index in [1.165, 1.54) is 11.3 Å². The van der Waals surface area contributed by atoms with Gasteiger partial charge in [0.25, 0.3) is 0 Å². The molecule has 1 aliphatic heterocycles. The Kier molecular flexibility index (Phi) is 2.91. The molecule has 0 aliphatic carbocycles. The van der Waals surface area contributed by atoms with E-state index in [-0.39, 0.29) is 17.8 Å². The number of hydrogen-bond donors (Lipinski definition) is 0. The third-order valence-electron chi connectivity index (χ3n) is 2.39. The van der Waals surface area contributed by atoms with Gasteiger partial charge in [0.2, 0.25) is 0 Å². The minimum Gasteiger partial charge on any atom is -0.378 e. The van der Waals surface area contributed by atoms with Crippen molar-refractivity contribution in [2.75, 3.05) is 6.61 Å². The summed E-state index contributed by atoms with van der Waals surface area (Å²) in [7, 11) is 0. The van der Waals surface area contributed by atoms with Crippen molar-refractivity contribution in [1.29, 1.82) is 0 Å². The smallest absolute Gasteiger partial charge is 0.178 e. The fourth-order valence-corrected chi connectivity index (χ4v) is 2.71. The molecule has 1 aliphatic rings. The van der Waals surface area contributed by atoms with Crippen molar-refractivity contribution in [3.05, 3.63) is 21.3 Å². The Bertz CT molecular complexity index is 348. The van der Waals surface area contributed by atoms with E-state index in [0.29, 0.717) is 10.9 Å². The number of ketones is 1. The van der Waals surface area contributed by atoms with Crippen LogP contribution in [-0.4, -0.2) is 18.5 Å². The zero-order valence-corrected chi connectivity index (χ0v) is 9.40. The molecule has 2 unspecified atom stereocenters. The van der Waals surface area contributed by atoms with Crippen molar-refractivity contribution in [3.8, 4) is 0 Å². The van der Waals surface area contributed by atoms with Gasteiger partial charge in [-0.1, -0.05) is 11.6 Å². The zero-order valence-electron chi connectivity index (χ0n) is 7.83. The summed E-state index contributed by atoms with van der Waals surface area (Å²) in [6.07, 6.45) is 1.04. The lowest BCUT2D eigenvalue weighted by Gasteiger charge is -2.03. The molecule has 1 fully saturated rings. The summed E-state index contributed by atoms with van der Waals surface area (Å²) in [6, 6.07) is 3.55. The number of thiophene rings is 1. The first-order valence-corrected chi connectivity index (χ1v) is 5.77. The van der Waals surface area contributed by atoms with Crippen molar-refractivity contribution < 1.29 is 9.53 Å². The molecule has 0 radical (unpaired) electrons. The van der Waals surface area contributed by atoms with Gasteiger partial charge in [-0.05, 0) is 25.5 Å². The molecule has 2 rings (SSSR count). The molecular weight excluding hydrogens is 220 g/mol. The Balaban J connectivity index is 2.09. The maximum Gasteiger partial charge on any atom is 0.178 e. The van der Waals surface area contributed by atoms with E-state index < -0.39 is 0 Å². The summed E-state index contributed by atoms with van der Waals surface area (Å²) in [4.78, 5) is 12.6. The minimum absolute atomic E-state index is 0.0275. The maximum absolute atomic E-state index is 11.9. The van der Waals surface area contributed by atoms with Gasteiger partial charge in [-0.3, -0.25) is 4.79 Å².